The molecular formula is C9H6BrN5O2. The van der Waals surface area contributed by atoms with Crippen molar-refractivity contribution in [3.05, 3.63) is 38.6 Å². The van der Waals surface area contributed by atoms with Crippen molar-refractivity contribution in [2.24, 2.45) is 0 Å². The van der Waals surface area contributed by atoms with Gasteiger partial charge in [-0.1, -0.05) is 15.9 Å². The molecule has 2 rings (SSSR count). The number of benzene rings is 1. The van der Waals surface area contributed by atoms with E-state index in [0.717, 1.165) is 0 Å². The van der Waals surface area contributed by atoms with Gasteiger partial charge >= 0.3 is 0 Å². The smallest absolute Gasteiger partial charge is 0.258 e. The van der Waals surface area contributed by atoms with E-state index in [4.69, 9.17) is 0 Å². The molecule has 0 radical (unpaired) electrons. The molecule has 0 bridgehead atoms. The molecule has 0 saturated carbocycles. The number of aryl methyl sites for hydroxylation is 1. The first-order valence-corrected chi connectivity index (χ1v) is 5.35. The van der Waals surface area contributed by atoms with Gasteiger partial charge < -0.3 is 0 Å². The molecule has 1 heterocycles. The molecule has 0 spiro atoms. The zero-order valence-electron chi connectivity index (χ0n) is 8.66. The minimum absolute atomic E-state index is 0.0348. The molecule has 0 fully saturated rings. The Morgan fingerprint density at radius 2 is 1.88 bits per heavy atom. The molecule has 0 saturated heterocycles. The lowest BCUT2D eigenvalue weighted by molar-refractivity contribution is -0.384. The van der Waals surface area contributed by atoms with Gasteiger partial charge in [0.05, 0.1) is 4.92 Å². The lowest BCUT2D eigenvalue weighted by atomic mass is 10.2. The molecule has 86 valence electrons. The summed E-state index contributed by atoms with van der Waals surface area (Å²) in [5.74, 6) is 0.682. The summed E-state index contributed by atoms with van der Waals surface area (Å²) in [5.41, 5.74) is 0.451. The number of hydrogen-bond donors (Lipinski definition) is 0. The number of nitro groups is 1. The highest BCUT2D eigenvalue weighted by Gasteiger charge is 2.13. The van der Waals surface area contributed by atoms with Crippen LogP contribution < -0.4 is 0 Å². The third-order valence-electron chi connectivity index (χ3n) is 1.98. The van der Waals surface area contributed by atoms with E-state index in [9.17, 15) is 10.1 Å². The third kappa shape index (κ3) is 2.41. The highest BCUT2D eigenvalue weighted by molar-refractivity contribution is 9.10. The molecule has 0 aliphatic heterocycles. The molecule has 0 atom stereocenters. The zero-order chi connectivity index (χ0) is 12.4. The summed E-state index contributed by atoms with van der Waals surface area (Å²) in [6.07, 6.45) is 0. The first kappa shape index (κ1) is 11.5. The van der Waals surface area contributed by atoms with Crippen molar-refractivity contribution < 1.29 is 4.92 Å². The number of rotatable bonds is 2. The molecule has 1 aromatic heterocycles. The third-order valence-corrected chi connectivity index (χ3v) is 2.67. The Labute approximate surface area is 104 Å². The van der Waals surface area contributed by atoms with Crippen molar-refractivity contribution in [2.75, 3.05) is 0 Å². The Hall–Kier alpha value is -1.96. The van der Waals surface area contributed by atoms with Crippen LogP contribution in [0.3, 0.4) is 0 Å². The number of non-ortho nitro benzene ring substituents is 1. The maximum absolute atomic E-state index is 10.7. The van der Waals surface area contributed by atoms with Crippen LogP contribution in [0.4, 0.5) is 5.69 Å². The Morgan fingerprint density at radius 3 is 2.47 bits per heavy atom. The Balaban J connectivity index is 2.54. The molecule has 2 aromatic rings. The van der Waals surface area contributed by atoms with Crippen LogP contribution in [0.1, 0.15) is 5.82 Å². The molecule has 8 heteroatoms. The molecule has 17 heavy (non-hydrogen) atoms. The van der Waals surface area contributed by atoms with Gasteiger partial charge in [-0.15, -0.1) is 20.4 Å². The zero-order valence-corrected chi connectivity index (χ0v) is 10.2. The standard InChI is InChI=1S/C9H6BrN5O2/c1-5-11-13-9(14-12-5)7-4-6(15(16)17)2-3-8(7)10/h2-4H,1H3. The van der Waals surface area contributed by atoms with E-state index < -0.39 is 4.92 Å². The predicted octanol–water partition coefficient (Wildman–Crippen LogP) is 1.91. The van der Waals surface area contributed by atoms with Gasteiger partial charge in [0, 0.05) is 22.2 Å². The Kier molecular flexibility index (Phi) is 3.05. The number of nitro benzene ring substituents is 1. The van der Waals surface area contributed by atoms with Gasteiger partial charge in [-0.05, 0) is 13.0 Å². The summed E-state index contributed by atoms with van der Waals surface area (Å²) >= 11 is 3.28. The lowest BCUT2D eigenvalue weighted by Crippen LogP contribution is -1.99. The fraction of sp³-hybridized carbons (Fsp3) is 0.111. The summed E-state index contributed by atoms with van der Waals surface area (Å²) in [5, 5.41) is 25.8. The Morgan fingerprint density at radius 1 is 1.24 bits per heavy atom. The van der Waals surface area contributed by atoms with Crippen LogP contribution in [0.5, 0.6) is 0 Å². The molecule has 0 aliphatic rings. The van der Waals surface area contributed by atoms with Gasteiger partial charge in [-0.3, -0.25) is 10.1 Å². The van der Waals surface area contributed by atoms with Gasteiger partial charge in [0.15, 0.2) is 5.82 Å². The highest BCUT2D eigenvalue weighted by atomic mass is 79.9. The average Bonchev–Trinajstić information content (AvgIpc) is 2.31. The molecule has 0 unspecified atom stereocenters. The van der Waals surface area contributed by atoms with Crippen LogP contribution in [-0.2, 0) is 0 Å². The fourth-order valence-electron chi connectivity index (χ4n) is 1.19. The Bertz CT molecular complexity index is 572. The molecule has 0 N–H and O–H groups in total. The minimum atomic E-state index is -0.481. The van der Waals surface area contributed by atoms with Gasteiger partial charge in [0.25, 0.3) is 5.69 Å². The van der Waals surface area contributed by atoms with E-state index in [2.05, 4.69) is 36.3 Å². The van der Waals surface area contributed by atoms with E-state index >= 15 is 0 Å². The van der Waals surface area contributed by atoms with Gasteiger partial charge in [0.2, 0.25) is 5.82 Å². The number of hydrogen-bond acceptors (Lipinski definition) is 6. The monoisotopic (exact) mass is 295 g/mol. The first-order valence-electron chi connectivity index (χ1n) is 4.56. The van der Waals surface area contributed by atoms with E-state index in [0.29, 0.717) is 15.9 Å². The van der Waals surface area contributed by atoms with Crippen LogP contribution in [0.25, 0.3) is 11.4 Å². The summed E-state index contributed by atoms with van der Waals surface area (Å²) in [7, 11) is 0. The maximum Gasteiger partial charge on any atom is 0.270 e. The number of nitrogens with zero attached hydrogens (tertiary/aromatic N) is 5. The molecule has 7 nitrogen and oxygen atoms in total. The molecule has 0 aliphatic carbocycles. The van der Waals surface area contributed by atoms with Crippen molar-refractivity contribution >= 4 is 21.6 Å². The van der Waals surface area contributed by atoms with E-state index in [-0.39, 0.29) is 11.5 Å². The van der Waals surface area contributed by atoms with Crippen LogP contribution >= 0.6 is 15.9 Å². The van der Waals surface area contributed by atoms with Crippen molar-refractivity contribution in [1.29, 1.82) is 0 Å². The van der Waals surface area contributed by atoms with Crippen LogP contribution in [0.15, 0.2) is 22.7 Å². The SMILES string of the molecule is Cc1nnc(-c2cc([N+](=O)[O-])ccc2Br)nn1. The van der Waals surface area contributed by atoms with Crippen LogP contribution in [0.2, 0.25) is 0 Å². The fourth-order valence-corrected chi connectivity index (χ4v) is 1.61. The molecule has 0 amide bonds. The largest absolute Gasteiger partial charge is 0.270 e. The van der Waals surface area contributed by atoms with Crippen LogP contribution in [0, 0.1) is 17.0 Å². The van der Waals surface area contributed by atoms with Crippen molar-refractivity contribution in [3.63, 3.8) is 0 Å². The predicted molar refractivity (Wildman–Crippen MR) is 62.1 cm³/mol. The second-order valence-electron chi connectivity index (χ2n) is 3.19. The summed E-state index contributed by atoms with van der Waals surface area (Å²) in [6.45, 7) is 1.66. The van der Waals surface area contributed by atoms with E-state index in [1.165, 1.54) is 12.1 Å². The summed E-state index contributed by atoms with van der Waals surface area (Å²) in [6, 6.07) is 4.33. The average molecular weight is 296 g/mol. The minimum Gasteiger partial charge on any atom is -0.258 e. The van der Waals surface area contributed by atoms with Crippen LogP contribution in [-0.4, -0.2) is 25.3 Å². The summed E-state index contributed by atoms with van der Waals surface area (Å²) in [4.78, 5) is 10.2. The first-order chi connectivity index (χ1) is 8.08. The van der Waals surface area contributed by atoms with Gasteiger partial charge in [-0.2, -0.15) is 0 Å². The van der Waals surface area contributed by atoms with Crippen molar-refractivity contribution in [3.8, 4) is 11.4 Å². The highest BCUT2D eigenvalue weighted by Crippen LogP contribution is 2.28. The second kappa shape index (κ2) is 4.50. The molecular weight excluding hydrogens is 290 g/mol. The molecule has 1 aromatic carbocycles. The normalized spacial score (nSPS) is 10.2. The quantitative estimate of drug-likeness (QED) is 0.620. The van der Waals surface area contributed by atoms with Gasteiger partial charge in [0.1, 0.15) is 0 Å². The van der Waals surface area contributed by atoms with E-state index in [1.54, 1.807) is 13.0 Å². The second-order valence-corrected chi connectivity index (χ2v) is 4.05. The number of halogens is 1. The maximum atomic E-state index is 10.7. The topological polar surface area (TPSA) is 94.7 Å². The lowest BCUT2D eigenvalue weighted by Gasteiger charge is -2.01. The summed E-state index contributed by atoms with van der Waals surface area (Å²) < 4.78 is 0.649. The van der Waals surface area contributed by atoms with E-state index in [1.807, 2.05) is 0 Å². The number of aromatic nitrogens is 4. The van der Waals surface area contributed by atoms with Crippen molar-refractivity contribution in [1.82, 2.24) is 20.4 Å². The van der Waals surface area contributed by atoms with Crippen molar-refractivity contribution in [2.45, 2.75) is 6.92 Å². The van der Waals surface area contributed by atoms with Gasteiger partial charge in [-0.25, -0.2) is 0 Å².